The number of ether oxygens (including phenoxy) is 2. The standard InChI is InChI=1S/C21H27NO3/c1-4-6-14-24-20-9-7-8-18(15-20)22-21(23)16(3)25-19-12-10-17(5-2)11-13-19/h7-13,15-16H,4-6,14H2,1-3H3,(H,22,23). The molecule has 2 aromatic carbocycles. The second kappa shape index (κ2) is 9.72. The average Bonchev–Trinajstić information content (AvgIpc) is 2.63. The second-order valence-electron chi connectivity index (χ2n) is 5.98. The van der Waals surface area contributed by atoms with Gasteiger partial charge in [0.2, 0.25) is 0 Å². The smallest absolute Gasteiger partial charge is 0.265 e. The van der Waals surface area contributed by atoms with Crippen molar-refractivity contribution in [2.24, 2.45) is 0 Å². The fraction of sp³-hybridized carbons (Fsp3) is 0.381. The lowest BCUT2D eigenvalue weighted by atomic mass is 10.2. The highest BCUT2D eigenvalue weighted by Crippen LogP contribution is 2.19. The van der Waals surface area contributed by atoms with Crippen molar-refractivity contribution in [3.8, 4) is 11.5 Å². The molecular formula is C21H27NO3. The van der Waals surface area contributed by atoms with E-state index in [2.05, 4.69) is 19.2 Å². The second-order valence-corrected chi connectivity index (χ2v) is 5.98. The minimum atomic E-state index is -0.586. The van der Waals surface area contributed by atoms with Crippen LogP contribution in [0.3, 0.4) is 0 Å². The Balaban J connectivity index is 1.90. The number of benzene rings is 2. The van der Waals surface area contributed by atoms with E-state index in [0.29, 0.717) is 18.0 Å². The van der Waals surface area contributed by atoms with Crippen molar-refractivity contribution < 1.29 is 14.3 Å². The molecule has 1 N–H and O–H groups in total. The van der Waals surface area contributed by atoms with E-state index in [9.17, 15) is 4.79 Å². The van der Waals surface area contributed by atoms with E-state index in [1.54, 1.807) is 6.92 Å². The summed E-state index contributed by atoms with van der Waals surface area (Å²) >= 11 is 0. The molecule has 134 valence electrons. The van der Waals surface area contributed by atoms with Crippen molar-refractivity contribution in [3.05, 3.63) is 54.1 Å². The van der Waals surface area contributed by atoms with Crippen molar-refractivity contribution in [2.75, 3.05) is 11.9 Å². The van der Waals surface area contributed by atoms with Crippen LogP contribution in [0.1, 0.15) is 39.2 Å². The lowest BCUT2D eigenvalue weighted by molar-refractivity contribution is -0.122. The van der Waals surface area contributed by atoms with Crippen molar-refractivity contribution in [2.45, 2.75) is 46.1 Å². The normalized spacial score (nSPS) is 11.6. The van der Waals surface area contributed by atoms with E-state index in [0.717, 1.165) is 25.0 Å². The summed E-state index contributed by atoms with van der Waals surface area (Å²) in [5.74, 6) is 1.26. The molecule has 4 heteroatoms. The average molecular weight is 341 g/mol. The molecule has 1 unspecified atom stereocenters. The summed E-state index contributed by atoms with van der Waals surface area (Å²) in [6, 6.07) is 15.2. The number of hydrogen-bond acceptors (Lipinski definition) is 3. The van der Waals surface area contributed by atoms with Gasteiger partial charge in [-0.25, -0.2) is 0 Å². The maximum absolute atomic E-state index is 12.3. The number of anilines is 1. The summed E-state index contributed by atoms with van der Waals surface area (Å²) in [6.07, 6.45) is 2.49. The number of hydrogen-bond donors (Lipinski definition) is 1. The zero-order chi connectivity index (χ0) is 18.1. The van der Waals surface area contributed by atoms with Crippen LogP contribution in [0.25, 0.3) is 0 Å². The fourth-order valence-corrected chi connectivity index (χ4v) is 2.30. The largest absolute Gasteiger partial charge is 0.494 e. The zero-order valence-corrected chi connectivity index (χ0v) is 15.2. The molecule has 0 saturated carbocycles. The van der Waals surface area contributed by atoms with Crippen molar-refractivity contribution in [1.29, 1.82) is 0 Å². The first-order chi connectivity index (χ1) is 12.1. The molecular weight excluding hydrogens is 314 g/mol. The quantitative estimate of drug-likeness (QED) is 0.664. The summed E-state index contributed by atoms with van der Waals surface area (Å²) in [4.78, 5) is 12.3. The predicted molar refractivity (Wildman–Crippen MR) is 101 cm³/mol. The number of carbonyl (C=O) groups is 1. The van der Waals surface area contributed by atoms with Crippen LogP contribution in [-0.4, -0.2) is 18.6 Å². The number of nitrogens with one attached hydrogen (secondary N) is 1. The zero-order valence-electron chi connectivity index (χ0n) is 15.2. The first-order valence-electron chi connectivity index (χ1n) is 8.91. The molecule has 0 saturated heterocycles. The molecule has 0 spiro atoms. The first-order valence-corrected chi connectivity index (χ1v) is 8.91. The van der Waals surface area contributed by atoms with Crippen LogP contribution in [0.5, 0.6) is 11.5 Å². The van der Waals surface area contributed by atoms with Crippen LogP contribution in [0.4, 0.5) is 5.69 Å². The Hall–Kier alpha value is -2.49. The predicted octanol–water partition coefficient (Wildman–Crippen LogP) is 4.83. The fourth-order valence-electron chi connectivity index (χ4n) is 2.30. The highest BCUT2D eigenvalue weighted by Gasteiger charge is 2.15. The molecule has 1 atom stereocenters. The number of carbonyl (C=O) groups excluding carboxylic acids is 1. The molecule has 2 rings (SSSR count). The summed E-state index contributed by atoms with van der Waals surface area (Å²) in [6.45, 7) is 6.65. The topological polar surface area (TPSA) is 47.6 Å². The molecule has 4 nitrogen and oxygen atoms in total. The molecule has 0 aromatic heterocycles. The van der Waals surface area contributed by atoms with Gasteiger partial charge in [-0.2, -0.15) is 0 Å². The number of unbranched alkanes of at least 4 members (excludes halogenated alkanes) is 1. The summed E-state index contributed by atoms with van der Waals surface area (Å²) in [5.41, 5.74) is 1.94. The van der Waals surface area contributed by atoms with Gasteiger partial charge < -0.3 is 14.8 Å². The van der Waals surface area contributed by atoms with Crippen LogP contribution in [0, 0.1) is 0 Å². The van der Waals surface area contributed by atoms with Crippen LogP contribution in [0.2, 0.25) is 0 Å². The Morgan fingerprint density at radius 1 is 1.08 bits per heavy atom. The van der Waals surface area contributed by atoms with E-state index >= 15 is 0 Å². The minimum absolute atomic E-state index is 0.190. The molecule has 0 fully saturated rings. The Labute approximate surface area is 150 Å². The van der Waals surface area contributed by atoms with Gasteiger partial charge in [0.25, 0.3) is 5.91 Å². The number of rotatable bonds is 9. The van der Waals surface area contributed by atoms with Crippen LogP contribution in [-0.2, 0) is 11.2 Å². The van der Waals surface area contributed by atoms with Crippen LogP contribution >= 0.6 is 0 Å². The van der Waals surface area contributed by atoms with Crippen molar-refractivity contribution in [3.63, 3.8) is 0 Å². The van der Waals surface area contributed by atoms with E-state index in [-0.39, 0.29) is 5.91 Å². The van der Waals surface area contributed by atoms with Crippen molar-refractivity contribution in [1.82, 2.24) is 0 Å². The third-order valence-corrected chi connectivity index (χ3v) is 3.88. The van der Waals surface area contributed by atoms with Crippen LogP contribution in [0.15, 0.2) is 48.5 Å². The maximum atomic E-state index is 12.3. The minimum Gasteiger partial charge on any atom is -0.494 e. The van der Waals surface area contributed by atoms with Gasteiger partial charge in [-0.05, 0) is 49.6 Å². The van der Waals surface area contributed by atoms with Gasteiger partial charge >= 0.3 is 0 Å². The molecule has 0 heterocycles. The van der Waals surface area contributed by atoms with Gasteiger partial charge in [0.1, 0.15) is 11.5 Å². The molecule has 2 aromatic rings. The third-order valence-electron chi connectivity index (χ3n) is 3.88. The van der Waals surface area contributed by atoms with E-state index in [1.807, 2.05) is 48.5 Å². The highest BCUT2D eigenvalue weighted by molar-refractivity contribution is 5.94. The maximum Gasteiger partial charge on any atom is 0.265 e. The van der Waals surface area contributed by atoms with E-state index in [1.165, 1.54) is 5.56 Å². The van der Waals surface area contributed by atoms with Crippen LogP contribution < -0.4 is 14.8 Å². The lowest BCUT2D eigenvalue weighted by Gasteiger charge is -2.15. The van der Waals surface area contributed by atoms with Gasteiger partial charge in [-0.3, -0.25) is 4.79 Å². The molecule has 0 aliphatic heterocycles. The van der Waals surface area contributed by atoms with Crippen molar-refractivity contribution >= 4 is 11.6 Å². The molecule has 25 heavy (non-hydrogen) atoms. The molecule has 0 aliphatic rings. The Bertz CT molecular complexity index is 667. The lowest BCUT2D eigenvalue weighted by Crippen LogP contribution is -2.30. The Kier molecular flexibility index (Phi) is 7.33. The summed E-state index contributed by atoms with van der Waals surface area (Å²) < 4.78 is 11.4. The Morgan fingerprint density at radius 2 is 1.84 bits per heavy atom. The van der Waals surface area contributed by atoms with Gasteiger partial charge in [0, 0.05) is 11.8 Å². The van der Waals surface area contributed by atoms with Gasteiger partial charge in [-0.15, -0.1) is 0 Å². The molecule has 0 bridgehead atoms. The van der Waals surface area contributed by atoms with E-state index in [4.69, 9.17) is 9.47 Å². The van der Waals surface area contributed by atoms with E-state index < -0.39 is 6.10 Å². The molecule has 0 radical (unpaired) electrons. The number of amides is 1. The van der Waals surface area contributed by atoms with Gasteiger partial charge in [0.05, 0.1) is 6.61 Å². The molecule has 0 aliphatic carbocycles. The SMILES string of the molecule is CCCCOc1cccc(NC(=O)C(C)Oc2ccc(CC)cc2)c1. The monoisotopic (exact) mass is 341 g/mol. The summed E-state index contributed by atoms with van der Waals surface area (Å²) in [7, 11) is 0. The highest BCUT2D eigenvalue weighted by atomic mass is 16.5. The van der Waals surface area contributed by atoms with Gasteiger partial charge in [-0.1, -0.05) is 38.5 Å². The first kappa shape index (κ1) is 18.8. The number of aryl methyl sites for hydroxylation is 1. The van der Waals surface area contributed by atoms with Gasteiger partial charge in [0.15, 0.2) is 6.10 Å². The molecule has 1 amide bonds. The Morgan fingerprint density at radius 3 is 2.52 bits per heavy atom. The third kappa shape index (κ3) is 6.14. The summed E-state index contributed by atoms with van der Waals surface area (Å²) in [5, 5.41) is 2.87.